The van der Waals surface area contributed by atoms with Gasteiger partial charge in [-0.05, 0) is 48.7 Å². The van der Waals surface area contributed by atoms with Crippen LogP contribution in [-0.4, -0.2) is 11.0 Å². The van der Waals surface area contributed by atoms with Gasteiger partial charge in [0.2, 0.25) is 5.91 Å². The number of carbonyl (C=O) groups excluding carboxylic acids is 1. The Kier molecular flexibility index (Phi) is 4.99. The first-order chi connectivity index (χ1) is 9.97. The number of aliphatic hydroxyl groups is 1. The van der Waals surface area contributed by atoms with E-state index in [0.29, 0.717) is 10.6 Å². The highest BCUT2D eigenvalue weighted by Gasteiger charge is 2.14. The summed E-state index contributed by atoms with van der Waals surface area (Å²) in [6, 6.07) is 12.6. The molecule has 2 N–H and O–H groups in total. The lowest BCUT2D eigenvalue weighted by Gasteiger charge is -2.13. The van der Waals surface area contributed by atoms with Gasteiger partial charge in [-0.1, -0.05) is 35.9 Å². The minimum atomic E-state index is -0.840. The van der Waals surface area contributed by atoms with Crippen molar-refractivity contribution in [2.75, 3.05) is 5.32 Å². The second-order valence-corrected chi connectivity index (χ2v) is 5.50. The molecule has 0 aliphatic carbocycles. The molecule has 110 valence electrons. The van der Waals surface area contributed by atoms with E-state index in [1.807, 2.05) is 32.0 Å². The Labute approximate surface area is 129 Å². The maximum Gasteiger partial charge on any atom is 0.227 e. The van der Waals surface area contributed by atoms with E-state index in [-0.39, 0.29) is 12.3 Å². The topological polar surface area (TPSA) is 49.3 Å². The first-order valence-electron chi connectivity index (χ1n) is 6.77. The van der Waals surface area contributed by atoms with Crippen LogP contribution in [-0.2, 0) is 4.79 Å². The molecule has 0 aromatic heterocycles. The van der Waals surface area contributed by atoms with E-state index in [9.17, 15) is 9.90 Å². The lowest BCUT2D eigenvalue weighted by Crippen LogP contribution is -2.16. The number of amides is 1. The van der Waals surface area contributed by atoms with Gasteiger partial charge < -0.3 is 10.4 Å². The van der Waals surface area contributed by atoms with Gasteiger partial charge in [-0.25, -0.2) is 0 Å². The Hall–Kier alpha value is -1.84. The molecule has 0 saturated heterocycles. The van der Waals surface area contributed by atoms with Gasteiger partial charge in [-0.3, -0.25) is 4.79 Å². The first kappa shape index (κ1) is 15.5. The zero-order chi connectivity index (χ0) is 15.4. The Balaban J connectivity index is 2.01. The normalized spacial score (nSPS) is 12.0. The predicted octanol–water partition coefficient (Wildman–Crippen LogP) is 4.02. The maximum absolute atomic E-state index is 12.0. The van der Waals surface area contributed by atoms with Gasteiger partial charge in [0.15, 0.2) is 0 Å². The summed E-state index contributed by atoms with van der Waals surface area (Å²) in [4.78, 5) is 12.0. The van der Waals surface area contributed by atoms with Crippen LogP contribution in [0.2, 0.25) is 5.02 Å². The van der Waals surface area contributed by atoms with E-state index < -0.39 is 6.10 Å². The fourth-order valence-electron chi connectivity index (χ4n) is 2.07. The molecule has 0 fully saturated rings. The third-order valence-electron chi connectivity index (χ3n) is 3.51. The molecular weight excluding hydrogens is 286 g/mol. The molecule has 1 unspecified atom stereocenters. The molecule has 0 spiro atoms. The summed E-state index contributed by atoms with van der Waals surface area (Å²) in [6.45, 7) is 3.95. The Bertz CT molecular complexity index is 638. The smallest absolute Gasteiger partial charge is 0.227 e. The summed E-state index contributed by atoms with van der Waals surface area (Å²) < 4.78 is 0. The molecule has 21 heavy (non-hydrogen) atoms. The molecule has 1 amide bonds. The summed E-state index contributed by atoms with van der Waals surface area (Å²) in [5.41, 5.74) is 3.61. The van der Waals surface area contributed by atoms with Crippen LogP contribution < -0.4 is 5.32 Å². The van der Waals surface area contributed by atoms with Gasteiger partial charge in [0.25, 0.3) is 0 Å². The molecule has 0 heterocycles. The SMILES string of the molecule is Cc1cccc(NC(=O)CC(O)c2ccc(Cl)cc2)c1C. The number of aryl methyl sites for hydroxylation is 1. The summed E-state index contributed by atoms with van der Waals surface area (Å²) in [5.74, 6) is -0.217. The Morgan fingerprint density at radius 1 is 1.19 bits per heavy atom. The Morgan fingerprint density at radius 3 is 2.52 bits per heavy atom. The van der Waals surface area contributed by atoms with E-state index in [0.717, 1.165) is 16.8 Å². The van der Waals surface area contributed by atoms with E-state index in [1.54, 1.807) is 24.3 Å². The number of carbonyl (C=O) groups is 1. The molecular formula is C17H18ClNO2. The van der Waals surface area contributed by atoms with Crippen LogP contribution in [0, 0.1) is 13.8 Å². The summed E-state index contributed by atoms with van der Waals surface area (Å²) in [6.07, 6.45) is -0.831. The highest BCUT2D eigenvalue weighted by Crippen LogP contribution is 2.22. The predicted molar refractivity (Wildman–Crippen MR) is 85.6 cm³/mol. The third-order valence-corrected chi connectivity index (χ3v) is 3.76. The van der Waals surface area contributed by atoms with Crippen molar-refractivity contribution in [3.63, 3.8) is 0 Å². The second-order valence-electron chi connectivity index (χ2n) is 5.07. The van der Waals surface area contributed by atoms with Gasteiger partial charge in [0.1, 0.15) is 0 Å². The van der Waals surface area contributed by atoms with Crippen molar-refractivity contribution < 1.29 is 9.90 Å². The molecule has 2 rings (SSSR count). The largest absolute Gasteiger partial charge is 0.388 e. The minimum absolute atomic E-state index is 0.00894. The third kappa shape index (κ3) is 4.06. The number of anilines is 1. The highest BCUT2D eigenvalue weighted by molar-refractivity contribution is 6.30. The van der Waals surface area contributed by atoms with E-state index >= 15 is 0 Å². The van der Waals surface area contributed by atoms with Crippen molar-refractivity contribution >= 4 is 23.2 Å². The standard InChI is InChI=1S/C17H18ClNO2/c1-11-4-3-5-15(12(11)2)19-17(21)10-16(20)13-6-8-14(18)9-7-13/h3-9,16,20H,10H2,1-2H3,(H,19,21). The fourth-order valence-corrected chi connectivity index (χ4v) is 2.19. The monoisotopic (exact) mass is 303 g/mol. The van der Waals surface area contributed by atoms with Crippen LogP contribution in [0.25, 0.3) is 0 Å². The Morgan fingerprint density at radius 2 is 1.86 bits per heavy atom. The molecule has 0 aliphatic heterocycles. The molecule has 3 nitrogen and oxygen atoms in total. The molecule has 1 atom stereocenters. The number of aliphatic hydroxyl groups excluding tert-OH is 1. The highest BCUT2D eigenvalue weighted by atomic mass is 35.5. The van der Waals surface area contributed by atoms with Crippen molar-refractivity contribution in [3.05, 3.63) is 64.2 Å². The number of halogens is 1. The average Bonchev–Trinajstić information content (AvgIpc) is 2.44. The van der Waals surface area contributed by atoms with Gasteiger partial charge in [0, 0.05) is 10.7 Å². The lowest BCUT2D eigenvalue weighted by atomic mass is 10.1. The molecule has 0 radical (unpaired) electrons. The number of benzene rings is 2. The zero-order valence-corrected chi connectivity index (χ0v) is 12.8. The lowest BCUT2D eigenvalue weighted by molar-refractivity contribution is -0.118. The maximum atomic E-state index is 12.0. The molecule has 2 aromatic carbocycles. The molecule has 0 saturated carbocycles. The quantitative estimate of drug-likeness (QED) is 0.896. The van der Waals surface area contributed by atoms with Crippen LogP contribution in [0.5, 0.6) is 0 Å². The van der Waals surface area contributed by atoms with Crippen LogP contribution in [0.3, 0.4) is 0 Å². The number of hydrogen-bond donors (Lipinski definition) is 2. The van der Waals surface area contributed by atoms with E-state index in [4.69, 9.17) is 11.6 Å². The van der Waals surface area contributed by atoms with Crippen LogP contribution in [0.4, 0.5) is 5.69 Å². The molecule has 0 bridgehead atoms. The number of rotatable bonds is 4. The van der Waals surface area contributed by atoms with Gasteiger partial charge in [-0.2, -0.15) is 0 Å². The van der Waals surface area contributed by atoms with Crippen molar-refractivity contribution in [3.8, 4) is 0 Å². The van der Waals surface area contributed by atoms with Crippen molar-refractivity contribution in [1.29, 1.82) is 0 Å². The fraction of sp³-hybridized carbons (Fsp3) is 0.235. The summed E-state index contributed by atoms with van der Waals surface area (Å²) in [5, 5.41) is 13.5. The number of hydrogen-bond acceptors (Lipinski definition) is 2. The molecule has 4 heteroatoms. The first-order valence-corrected chi connectivity index (χ1v) is 7.15. The summed E-state index contributed by atoms with van der Waals surface area (Å²) in [7, 11) is 0. The zero-order valence-electron chi connectivity index (χ0n) is 12.1. The second kappa shape index (κ2) is 6.74. The van der Waals surface area contributed by atoms with Crippen LogP contribution in [0.15, 0.2) is 42.5 Å². The van der Waals surface area contributed by atoms with Crippen molar-refractivity contribution in [2.45, 2.75) is 26.4 Å². The van der Waals surface area contributed by atoms with Crippen molar-refractivity contribution in [2.24, 2.45) is 0 Å². The van der Waals surface area contributed by atoms with E-state index in [1.165, 1.54) is 0 Å². The van der Waals surface area contributed by atoms with Crippen molar-refractivity contribution in [1.82, 2.24) is 0 Å². The minimum Gasteiger partial charge on any atom is -0.388 e. The average molecular weight is 304 g/mol. The van der Waals surface area contributed by atoms with Gasteiger partial charge >= 0.3 is 0 Å². The van der Waals surface area contributed by atoms with Gasteiger partial charge in [0.05, 0.1) is 12.5 Å². The van der Waals surface area contributed by atoms with Crippen LogP contribution >= 0.6 is 11.6 Å². The number of nitrogens with one attached hydrogen (secondary N) is 1. The van der Waals surface area contributed by atoms with Crippen LogP contribution in [0.1, 0.15) is 29.2 Å². The summed E-state index contributed by atoms with van der Waals surface area (Å²) >= 11 is 5.80. The van der Waals surface area contributed by atoms with Gasteiger partial charge in [-0.15, -0.1) is 0 Å². The van der Waals surface area contributed by atoms with E-state index in [2.05, 4.69) is 5.32 Å². The molecule has 2 aromatic rings. The molecule has 0 aliphatic rings.